The average molecular weight is 415 g/mol. The molecule has 0 radical (unpaired) electrons. The van der Waals surface area contributed by atoms with E-state index in [1.165, 1.54) is 18.4 Å². The van der Waals surface area contributed by atoms with Crippen molar-refractivity contribution in [3.05, 3.63) is 23.8 Å². The molecule has 3 heteroatoms. The Morgan fingerprint density at radius 3 is 2.60 bits per heavy atom. The van der Waals surface area contributed by atoms with E-state index in [1.807, 2.05) is 20.8 Å². The first kappa shape index (κ1) is 22.3. The standard InChI is InChI=1S/C27H42O3/c1-17(2)23(29)12-15-27(5,30)24-9-8-21-20-7-6-18-16-19(28)10-13-25(18,3)22(20)11-14-26(21,24)4/h6,12,15,17,19-22,24,28,30H,7-11,13-14,16H2,1-5H3/b15-12+/t19-,20-,21-,22-,24-,25-,26-,27-/m0/s1. The predicted molar refractivity (Wildman–Crippen MR) is 121 cm³/mol. The number of aliphatic hydroxyl groups is 2. The number of hydrogen-bond acceptors (Lipinski definition) is 3. The molecule has 4 rings (SSSR count). The molecular formula is C27H42O3. The number of carbonyl (C=O) groups excluding carboxylic acids is 1. The Hall–Kier alpha value is -0.930. The molecule has 4 aliphatic carbocycles. The van der Waals surface area contributed by atoms with Crippen LogP contribution in [0.3, 0.4) is 0 Å². The summed E-state index contributed by atoms with van der Waals surface area (Å²) in [6, 6.07) is 0. The van der Waals surface area contributed by atoms with Gasteiger partial charge in [-0.1, -0.05) is 39.3 Å². The molecule has 0 heterocycles. The zero-order valence-electron chi connectivity index (χ0n) is 19.7. The quantitative estimate of drug-likeness (QED) is 0.474. The minimum absolute atomic E-state index is 0.0302. The molecular weight excluding hydrogens is 372 g/mol. The molecule has 3 nitrogen and oxygen atoms in total. The number of rotatable bonds is 4. The number of hydrogen-bond donors (Lipinski definition) is 2. The molecule has 2 N–H and O–H groups in total. The van der Waals surface area contributed by atoms with Crippen molar-refractivity contribution in [3.63, 3.8) is 0 Å². The van der Waals surface area contributed by atoms with Gasteiger partial charge in [0, 0.05) is 5.92 Å². The average Bonchev–Trinajstić information content (AvgIpc) is 3.04. The Bertz CT molecular complexity index is 747. The molecule has 0 aromatic rings. The fourth-order valence-electron chi connectivity index (χ4n) is 8.16. The SMILES string of the molecule is CC(C)C(=O)/C=C/[C@](C)(O)[C@H]1CC[C@H]2[C@@H]3CC=C4C[C@@H](O)CC[C@]4(C)[C@H]3CC[C@@]21C. The van der Waals surface area contributed by atoms with Crippen molar-refractivity contribution in [2.75, 3.05) is 0 Å². The van der Waals surface area contributed by atoms with Crippen molar-refractivity contribution in [3.8, 4) is 0 Å². The highest BCUT2D eigenvalue weighted by Gasteiger charge is 2.61. The van der Waals surface area contributed by atoms with E-state index >= 15 is 0 Å². The summed E-state index contributed by atoms with van der Waals surface area (Å²) >= 11 is 0. The summed E-state index contributed by atoms with van der Waals surface area (Å²) in [6.07, 6.45) is 14.4. The van der Waals surface area contributed by atoms with E-state index in [2.05, 4.69) is 19.9 Å². The lowest BCUT2D eigenvalue weighted by Gasteiger charge is -2.58. The van der Waals surface area contributed by atoms with Gasteiger partial charge in [0.05, 0.1) is 11.7 Å². The Labute approximate surface area is 183 Å². The topological polar surface area (TPSA) is 57.5 Å². The molecule has 0 amide bonds. The highest BCUT2D eigenvalue weighted by molar-refractivity contribution is 5.91. The van der Waals surface area contributed by atoms with Crippen molar-refractivity contribution in [2.24, 2.45) is 40.4 Å². The molecule has 8 atom stereocenters. The van der Waals surface area contributed by atoms with Gasteiger partial charge in [0.25, 0.3) is 0 Å². The van der Waals surface area contributed by atoms with Crippen LogP contribution >= 0.6 is 0 Å². The van der Waals surface area contributed by atoms with Gasteiger partial charge in [-0.3, -0.25) is 4.79 Å². The van der Waals surface area contributed by atoms with E-state index in [4.69, 9.17) is 0 Å². The molecule has 0 aromatic carbocycles. The van der Waals surface area contributed by atoms with Crippen molar-refractivity contribution < 1.29 is 15.0 Å². The first-order valence-electron chi connectivity index (χ1n) is 12.3. The molecule has 0 aliphatic heterocycles. The van der Waals surface area contributed by atoms with Crippen molar-refractivity contribution >= 4 is 5.78 Å². The van der Waals surface area contributed by atoms with Crippen molar-refractivity contribution in [1.82, 2.24) is 0 Å². The number of aliphatic hydroxyl groups excluding tert-OH is 1. The molecule has 0 aromatic heterocycles. The molecule has 0 unspecified atom stereocenters. The van der Waals surface area contributed by atoms with E-state index in [-0.39, 0.29) is 34.6 Å². The van der Waals surface area contributed by atoms with E-state index in [0.717, 1.165) is 38.5 Å². The number of ketones is 1. The zero-order valence-corrected chi connectivity index (χ0v) is 19.7. The van der Waals surface area contributed by atoms with Crippen LogP contribution in [-0.2, 0) is 4.79 Å². The summed E-state index contributed by atoms with van der Waals surface area (Å²) in [5.74, 6) is 2.31. The molecule has 30 heavy (non-hydrogen) atoms. The highest BCUT2D eigenvalue weighted by Crippen LogP contribution is 2.67. The fourth-order valence-corrected chi connectivity index (χ4v) is 8.16. The highest BCUT2D eigenvalue weighted by atomic mass is 16.3. The smallest absolute Gasteiger partial charge is 0.157 e. The lowest BCUT2D eigenvalue weighted by Crippen LogP contribution is -2.52. The second-order valence-corrected chi connectivity index (χ2v) is 11.9. The maximum absolute atomic E-state index is 12.1. The Balaban J connectivity index is 1.58. The van der Waals surface area contributed by atoms with Gasteiger partial charge in [-0.05, 0) is 105 Å². The Kier molecular flexibility index (Phi) is 5.63. The van der Waals surface area contributed by atoms with Gasteiger partial charge in [0.15, 0.2) is 5.78 Å². The van der Waals surface area contributed by atoms with Gasteiger partial charge in [0.1, 0.15) is 0 Å². The zero-order chi connectivity index (χ0) is 21.9. The third-order valence-corrected chi connectivity index (χ3v) is 9.94. The number of allylic oxidation sites excluding steroid dienone is 2. The van der Waals surface area contributed by atoms with E-state index in [9.17, 15) is 15.0 Å². The molecule has 3 fully saturated rings. The van der Waals surface area contributed by atoms with Gasteiger partial charge >= 0.3 is 0 Å². The summed E-state index contributed by atoms with van der Waals surface area (Å²) in [4.78, 5) is 12.1. The van der Waals surface area contributed by atoms with Crippen LogP contribution in [0.15, 0.2) is 23.8 Å². The summed E-state index contributed by atoms with van der Waals surface area (Å²) in [5, 5.41) is 21.6. The van der Waals surface area contributed by atoms with E-state index < -0.39 is 5.60 Å². The summed E-state index contributed by atoms with van der Waals surface area (Å²) in [6.45, 7) is 10.6. The van der Waals surface area contributed by atoms with Gasteiger partial charge in [0.2, 0.25) is 0 Å². The lowest BCUT2D eigenvalue weighted by molar-refractivity contribution is -0.117. The Morgan fingerprint density at radius 2 is 1.90 bits per heavy atom. The molecule has 0 bridgehead atoms. The summed E-state index contributed by atoms with van der Waals surface area (Å²) in [7, 11) is 0. The van der Waals surface area contributed by atoms with E-state index in [0.29, 0.717) is 17.8 Å². The van der Waals surface area contributed by atoms with Crippen LogP contribution in [0.5, 0.6) is 0 Å². The van der Waals surface area contributed by atoms with Crippen LogP contribution in [-0.4, -0.2) is 27.7 Å². The minimum atomic E-state index is -0.935. The third kappa shape index (κ3) is 3.45. The van der Waals surface area contributed by atoms with Crippen molar-refractivity contribution in [2.45, 2.75) is 97.7 Å². The van der Waals surface area contributed by atoms with Crippen molar-refractivity contribution in [1.29, 1.82) is 0 Å². The normalized spacial score (nSPS) is 45.5. The molecule has 0 saturated heterocycles. The van der Waals surface area contributed by atoms with Crippen LogP contribution in [0, 0.1) is 40.4 Å². The van der Waals surface area contributed by atoms with E-state index in [1.54, 1.807) is 12.2 Å². The lowest BCUT2D eigenvalue weighted by atomic mass is 9.47. The summed E-state index contributed by atoms with van der Waals surface area (Å²) < 4.78 is 0. The molecule has 4 aliphatic rings. The molecule has 0 spiro atoms. The number of carbonyl (C=O) groups is 1. The van der Waals surface area contributed by atoms with Crippen LogP contribution in [0.2, 0.25) is 0 Å². The minimum Gasteiger partial charge on any atom is -0.393 e. The molecule has 168 valence electrons. The van der Waals surface area contributed by atoms with Crippen LogP contribution in [0.4, 0.5) is 0 Å². The first-order valence-corrected chi connectivity index (χ1v) is 12.3. The maximum Gasteiger partial charge on any atom is 0.157 e. The van der Waals surface area contributed by atoms with Gasteiger partial charge in [-0.2, -0.15) is 0 Å². The number of fused-ring (bicyclic) bond motifs is 5. The maximum atomic E-state index is 12.1. The second-order valence-electron chi connectivity index (χ2n) is 11.9. The van der Waals surface area contributed by atoms with Gasteiger partial charge in [-0.25, -0.2) is 0 Å². The Morgan fingerprint density at radius 1 is 1.17 bits per heavy atom. The van der Waals surface area contributed by atoms with Crippen LogP contribution < -0.4 is 0 Å². The van der Waals surface area contributed by atoms with Gasteiger partial charge < -0.3 is 10.2 Å². The fraction of sp³-hybridized carbons (Fsp3) is 0.815. The van der Waals surface area contributed by atoms with Crippen LogP contribution in [0.25, 0.3) is 0 Å². The first-order chi connectivity index (χ1) is 14.0. The van der Waals surface area contributed by atoms with Gasteiger partial charge in [-0.15, -0.1) is 0 Å². The third-order valence-electron chi connectivity index (χ3n) is 9.94. The molecule has 3 saturated carbocycles. The monoisotopic (exact) mass is 414 g/mol. The second kappa shape index (κ2) is 7.59. The summed E-state index contributed by atoms with van der Waals surface area (Å²) in [5.41, 5.74) is 0.970. The largest absolute Gasteiger partial charge is 0.393 e. The van der Waals surface area contributed by atoms with Crippen LogP contribution in [0.1, 0.15) is 86.0 Å². The predicted octanol–water partition coefficient (Wildman–Crippen LogP) is 5.46.